The smallest absolute Gasteiger partial charge is 0.255 e. The first-order valence-electron chi connectivity index (χ1n) is 7.98. The summed E-state index contributed by atoms with van der Waals surface area (Å²) in [4.78, 5) is 14.7. The van der Waals surface area contributed by atoms with Crippen LogP contribution in [0.1, 0.15) is 42.5 Å². The van der Waals surface area contributed by atoms with E-state index in [-0.39, 0.29) is 10.8 Å². The van der Waals surface area contributed by atoms with Crippen LogP contribution in [0.15, 0.2) is 27.6 Å². The zero-order valence-electron chi connectivity index (χ0n) is 12.9. The van der Waals surface area contributed by atoms with Gasteiger partial charge in [0.1, 0.15) is 0 Å². The molecular weight excluding hydrogens is 380 g/mol. The van der Waals surface area contributed by atoms with Gasteiger partial charge >= 0.3 is 0 Å². The molecule has 1 aromatic carbocycles. The third-order valence-corrected chi connectivity index (χ3v) is 6.68. The minimum Gasteiger partial charge on any atom is -0.338 e. The summed E-state index contributed by atoms with van der Waals surface area (Å²) < 4.78 is 23.6. The predicted molar refractivity (Wildman–Crippen MR) is 91.5 cm³/mol. The number of nitrogens with two attached hydrogens (primary N) is 1. The molecule has 1 aliphatic carbocycles. The first-order chi connectivity index (χ1) is 10.9. The lowest BCUT2D eigenvalue weighted by atomic mass is 9.75. The Bertz CT molecular complexity index is 720. The number of carbonyl (C=O) groups excluding carboxylic acids is 1. The van der Waals surface area contributed by atoms with Crippen LogP contribution in [0.3, 0.4) is 0 Å². The van der Waals surface area contributed by atoms with Gasteiger partial charge in [-0.3, -0.25) is 4.79 Å². The fourth-order valence-corrected chi connectivity index (χ4v) is 4.76. The lowest BCUT2D eigenvalue weighted by Gasteiger charge is -2.41. The van der Waals surface area contributed by atoms with Gasteiger partial charge in [0.05, 0.1) is 10.5 Å². The van der Waals surface area contributed by atoms with Crippen LogP contribution in [0.4, 0.5) is 0 Å². The van der Waals surface area contributed by atoms with E-state index in [1.165, 1.54) is 37.8 Å². The maximum Gasteiger partial charge on any atom is 0.255 e. The fraction of sp³-hybridized carbons (Fsp3) is 0.562. The van der Waals surface area contributed by atoms with Crippen molar-refractivity contribution < 1.29 is 13.2 Å². The Balaban J connectivity index is 1.83. The maximum absolute atomic E-state index is 12.8. The average molecular weight is 401 g/mol. The van der Waals surface area contributed by atoms with E-state index < -0.39 is 10.0 Å². The monoisotopic (exact) mass is 400 g/mol. The molecule has 7 heteroatoms. The van der Waals surface area contributed by atoms with E-state index >= 15 is 0 Å². The normalized spacial score (nSPS) is 25.0. The van der Waals surface area contributed by atoms with E-state index in [2.05, 4.69) is 15.9 Å². The molecule has 3 rings (SSSR count). The number of rotatable bonds is 2. The number of piperidine rings is 1. The number of primary sulfonamides is 1. The van der Waals surface area contributed by atoms with E-state index in [1.807, 2.05) is 4.90 Å². The summed E-state index contributed by atoms with van der Waals surface area (Å²) in [5.74, 6) is 1.21. The zero-order chi connectivity index (χ0) is 16.6. The molecule has 23 heavy (non-hydrogen) atoms. The largest absolute Gasteiger partial charge is 0.338 e. The molecule has 0 bridgehead atoms. The second-order valence-corrected chi connectivity index (χ2v) is 8.95. The SMILES string of the molecule is NS(=O)(=O)c1ccc(Br)c(C(=O)N2CC[C@@H]3CCCC[C@@H]3C2)c1. The number of fused-ring (bicyclic) bond motifs is 1. The summed E-state index contributed by atoms with van der Waals surface area (Å²) in [5.41, 5.74) is 0.366. The van der Waals surface area contributed by atoms with Crippen molar-refractivity contribution in [1.82, 2.24) is 4.90 Å². The quantitative estimate of drug-likeness (QED) is 0.828. The van der Waals surface area contributed by atoms with Crippen molar-refractivity contribution in [3.05, 3.63) is 28.2 Å². The van der Waals surface area contributed by atoms with Gasteiger partial charge in [-0.15, -0.1) is 0 Å². The maximum atomic E-state index is 12.8. The Morgan fingerprint density at radius 1 is 1.17 bits per heavy atom. The van der Waals surface area contributed by atoms with Gasteiger partial charge in [-0.25, -0.2) is 13.6 Å². The third-order valence-electron chi connectivity index (χ3n) is 5.08. The van der Waals surface area contributed by atoms with Crippen molar-refractivity contribution in [3.8, 4) is 0 Å². The van der Waals surface area contributed by atoms with Gasteiger partial charge in [0.15, 0.2) is 0 Å². The van der Waals surface area contributed by atoms with E-state index in [0.717, 1.165) is 25.4 Å². The fourth-order valence-electron chi connectivity index (χ4n) is 3.80. The highest BCUT2D eigenvalue weighted by atomic mass is 79.9. The standard InChI is InChI=1S/C16H21BrN2O3S/c17-15-6-5-13(23(18,21)22)9-14(15)16(20)19-8-7-11-3-1-2-4-12(11)10-19/h5-6,9,11-12H,1-4,7-8,10H2,(H2,18,21,22)/t11-,12+/m0/s1. The molecule has 1 saturated heterocycles. The number of amides is 1. The summed E-state index contributed by atoms with van der Waals surface area (Å²) in [6.07, 6.45) is 6.05. The van der Waals surface area contributed by atoms with Crippen molar-refractivity contribution in [2.24, 2.45) is 17.0 Å². The van der Waals surface area contributed by atoms with Crippen LogP contribution in [0.5, 0.6) is 0 Å². The molecule has 0 unspecified atom stereocenters. The van der Waals surface area contributed by atoms with Crippen molar-refractivity contribution >= 4 is 31.9 Å². The Kier molecular flexibility index (Phi) is 4.80. The van der Waals surface area contributed by atoms with Gasteiger partial charge in [0, 0.05) is 17.6 Å². The van der Waals surface area contributed by atoms with Crippen LogP contribution in [-0.4, -0.2) is 32.3 Å². The lowest BCUT2D eigenvalue weighted by molar-refractivity contribution is 0.0520. The van der Waals surface area contributed by atoms with Crippen molar-refractivity contribution in [2.45, 2.75) is 37.0 Å². The molecule has 0 spiro atoms. The molecule has 2 fully saturated rings. The van der Waals surface area contributed by atoms with Crippen molar-refractivity contribution in [1.29, 1.82) is 0 Å². The number of halogens is 1. The minimum absolute atomic E-state index is 0.0309. The van der Waals surface area contributed by atoms with Gasteiger partial charge in [-0.05, 0) is 58.8 Å². The van der Waals surface area contributed by atoms with E-state index in [1.54, 1.807) is 6.07 Å². The number of likely N-dealkylation sites (tertiary alicyclic amines) is 1. The van der Waals surface area contributed by atoms with Crippen LogP contribution in [-0.2, 0) is 10.0 Å². The van der Waals surface area contributed by atoms with Gasteiger partial charge in [0.25, 0.3) is 5.91 Å². The van der Waals surface area contributed by atoms with Gasteiger partial charge in [0.2, 0.25) is 10.0 Å². The topological polar surface area (TPSA) is 80.5 Å². The molecular formula is C16H21BrN2O3S. The molecule has 0 radical (unpaired) electrons. The van der Waals surface area contributed by atoms with Crippen LogP contribution in [0, 0.1) is 11.8 Å². The van der Waals surface area contributed by atoms with Gasteiger partial charge in [-0.1, -0.05) is 19.3 Å². The van der Waals surface area contributed by atoms with E-state index in [9.17, 15) is 13.2 Å². The highest BCUT2D eigenvalue weighted by Crippen LogP contribution is 2.36. The first kappa shape index (κ1) is 16.9. The number of sulfonamides is 1. The van der Waals surface area contributed by atoms with Crippen LogP contribution in [0.25, 0.3) is 0 Å². The van der Waals surface area contributed by atoms with E-state index in [0.29, 0.717) is 16.0 Å². The Labute approximate surface area is 145 Å². The highest BCUT2D eigenvalue weighted by Gasteiger charge is 2.33. The first-order valence-corrected chi connectivity index (χ1v) is 10.3. The molecule has 1 aromatic rings. The summed E-state index contributed by atoms with van der Waals surface area (Å²) in [7, 11) is -3.82. The molecule has 0 aromatic heterocycles. The average Bonchev–Trinajstić information content (AvgIpc) is 2.53. The molecule has 2 aliphatic rings. The molecule has 2 atom stereocenters. The second kappa shape index (κ2) is 6.53. The number of carbonyl (C=O) groups is 1. The molecule has 1 saturated carbocycles. The lowest BCUT2D eigenvalue weighted by Crippen LogP contribution is -2.44. The van der Waals surface area contributed by atoms with Gasteiger partial charge < -0.3 is 4.90 Å². The zero-order valence-corrected chi connectivity index (χ0v) is 15.3. The summed E-state index contributed by atoms with van der Waals surface area (Å²) in [6, 6.07) is 4.35. The van der Waals surface area contributed by atoms with Gasteiger partial charge in [-0.2, -0.15) is 0 Å². The number of hydrogen-bond acceptors (Lipinski definition) is 3. The minimum atomic E-state index is -3.82. The predicted octanol–water partition coefficient (Wildman–Crippen LogP) is 2.75. The number of nitrogens with zero attached hydrogens (tertiary/aromatic N) is 1. The molecule has 1 amide bonds. The Hall–Kier alpha value is -0.920. The van der Waals surface area contributed by atoms with Crippen molar-refractivity contribution in [3.63, 3.8) is 0 Å². The number of hydrogen-bond donors (Lipinski definition) is 1. The van der Waals surface area contributed by atoms with Crippen LogP contribution < -0.4 is 5.14 Å². The number of benzene rings is 1. The summed E-state index contributed by atoms with van der Waals surface area (Å²) in [5, 5.41) is 5.17. The van der Waals surface area contributed by atoms with Crippen molar-refractivity contribution in [2.75, 3.05) is 13.1 Å². The second-order valence-electron chi connectivity index (χ2n) is 6.53. The molecule has 1 heterocycles. The molecule has 1 aliphatic heterocycles. The molecule has 2 N–H and O–H groups in total. The summed E-state index contributed by atoms with van der Waals surface area (Å²) >= 11 is 3.35. The van der Waals surface area contributed by atoms with E-state index in [4.69, 9.17) is 5.14 Å². The van der Waals surface area contributed by atoms with Crippen LogP contribution >= 0.6 is 15.9 Å². The molecule has 5 nitrogen and oxygen atoms in total. The third kappa shape index (κ3) is 3.61. The Morgan fingerprint density at radius 2 is 1.87 bits per heavy atom. The van der Waals surface area contributed by atoms with Crippen LogP contribution in [0.2, 0.25) is 0 Å². The Morgan fingerprint density at radius 3 is 2.57 bits per heavy atom. The summed E-state index contributed by atoms with van der Waals surface area (Å²) in [6.45, 7) is 1.52. The molecule has 126 valence electrons. The highest BCUT2D eigenvalue weighted by molar-refractivity contribution is 9.10.